The van der Waals surface area contributed by atoms with Gasteiger partial charge >= 0.3 is 0 Å². The average molecular weight is 291 g/mol. The first-order valence-electron chi connectivity index (χ1n) is 6.49. The number of aryl methyl sites for hydroxylation is 3. The summed E-state index contributed by atoms with van der Waals surface area (Å²) < 4.78 is 10.0. The molecule has 0 aliphatic heterocycles. The van der Waals surface area contributed by atoms with Gasteiger partial charge < -0.3 is 19.6 Å². The fourth-order valence-corrected chi connectivity index (χ4v) is 1.88. The SMILES string of the molecule is Cc1noc(C)c1CNC(=O)CNC(=O)c1ccoc1C. The summed E-state index contributed by atoms with van der Waals surface area (Å²) in [6.45, 7) is 5.49. The second kappa shape index (κ2) is 6.25. The highest BCUT2D eigenvalue weighted by molar-refractivity contribution is 5.97. The molecule has 2 rings (SSSR count). The number of amides is 2. The second-order valence-electron chi connectivity index (χ2n) is 4.65. The summed E-state index contributed by atoms with van der Waals surface area (Å²) in [5.41, 5.74) is 2.01. The van der Waals surface area contributed by atoms with Crippen LogP contribution in [0, 0.1) is 20.8 Å². The van der Waals surface area contributed by atoms with E-state index >= 15 is 0 Å². The van der Waals surface area contributed by atoms with E-state index in [2.05, 4.69) is 15.8 Å². The molecule has 2 aromatic heterocycles. The van der Waals surface area contributed by atoms with Crippen LogP contribution in [-0.4, -0.2) is 23.5 Å². The summed E-state index contributed by atoms with van der Waals surface area (Å²) in [5.74, 6) is 0.563. The summed E-state index contributed by atoms with van der Waals surface area (Å²) in [7, 11) is 0. The molecule has 0 saturated heterocycles. The molecule has 0 radical (unpaired) electrons. The predicted octanol–water partition coefficient (Wildman–Crippen LogP) is 1.24. The van der Waals surface area contributed by atoms with E-state index in [1.54, 1.807) is 26.8 Å². The van der Waals surface area contributed by atoms with Gasteiger partial charge in [0.05, 0.1) is 24.1 Å². The summed E-state index contributed by atoms with van der Waals surface area (Å²) in [6.07, 6.45) is 1.43. The van der Waals surface area contributed by atoms with Gasteiger partial charge in [0.25, 0.3) is 5.91 Å². The van der Waals surface area contributed by atoms with Gasteiger partial charge in [-0.25, -0.2) is 0 Å². The van der Waals surface area contributed by atoms with E-state index in [0.29, 0.717) is 23.6 Å². The van der Waals surface area contributed by atoms with Gasteiger partial charge in [0.15, 0.2) is 0 Å². The van der Waals surface area contributed by atoms with Crippen molar-refractivity contribution in [3.63, 3.8) is 0 Å². The van der Waals surface area contributed by atoms with Crippen LogP contribution < -0.4 is 10.6 Å². The molecular weight excluding hydrogens is 274 g/mol. The van der Waals surface area contributed by atoms with Crippen molar-refractivity contribution in [3.05, 3.63) is 40.7 Å². The largest absolute Gasteiger partial charge is 0.469 e. The zero-order valence-corrected chi connectivity index (χ0v) is 12.1. The summed E-state index contributed by atoms with van der Waals surface area (Å²) in [4.78, 5) is 23.5. The number of nitrogens with zero attached hydrogens (tertiary/aromatic N) is 1. The number of nitrogens with one attached hydrogen (secondary N) is 2. The first-order valence-corrected chi connectivity index (χ1v) is 6.49. The van der Waals surface area contributed by atoms with Gasteiger partial charge in [0, 0.05) is 12.1 Å². The minimum atomic E-state index is -0.339. The Kier molecular flexibility index (Phi) is 4.42. The topological polar surface area (TPSA) is 97.4 Å². The monoisotopic (exact) mass is 291 g/mol. The van der Waals surface area contributed by atoms with E-state index in [9.17, 15) is 9.59 Å². The van der Waals surface area contributed by atoms with E-state index in [0.717, 1.165) is 11.3 Å². The molecule has 0 aromatic carbocycles. The van der Waals surface area contributed by atoms with Crippen LogP contribution in [0.25, 0.3) is 0 Å². The van der Waals surface area contributed by atoms with Gasteiger partial charge in [-0.1, -0.05) is 5.16 Å². The molecule has 0 atom stereocenters. The van der Waals surface area contributed by atoms with Gasteiger partial charge in [0.1, 0.15) is 11.5 Å². The van der Waals surface area contributed by atoms with Gasteiger partial charge in [-0.3, -0.25) is 9.59 Å². The summed E-state index contributed by atoms with van der Waals surface area (Å²) in [5, 5.41) is 9.05. The number of hydrogen-bond acceptors (Lipinski definition) is 5. The third-order valence-electron chi connectivity index (χ3n) is 3.16. The highest BCUT2D eigenvalue weighted by atomic mass is 16.5. The summed E-state index contributed by atoms with van der Waals surface area (Å²) >= 11 is 0. The van der Waals surface area contributed by atoms with Gasteiger partial charge in [-0.15, -0.1) is 0 Å². The van der Waals surface area contributed by atoms with Crippen molar-refractivity contribution in [1.29, 1.82) is 0 Å². The molecule has 2 N–H and O–H groups in total. The lowest BCUT2D eigenvalue weighted by molar-refractivity contribution is -0.120. The second-order valence-corrected chi connectivity index (χ2v) is 4.65. The van der Waals surface area contributed by atoms with E-state index < -0.39 is 0 Å². The Morgan fingerprint density at radius 1 is 1.19 bits per heavy atom. The predicted molar refractivity (Wildman–Crippen MR) is 73.6 cm³/mol. The molecule has 0 aliphatic rings. The van der Waals surface area contributed by atoms with Gasteiger partial charge in [-0.05, 0) is 26.8 Å². The van der Waals surface area contributed by atoms with E-state index in [4.69, 9.17) is 8.94 Å². The first-order chi connectivity index (χ1) is 9.99. The molecule has 0 saturated carbocycles. The van der Waals surface area contributed by atoms with Gasteiger partial charge in [0.2, 0.25) is 5.91 Å². The molecular formula is C14H17N3O4. The Balaban J connectivity index is 1.80. The minimum absolute atomic E-state index is 0.104. The molecule has 0 aliphatic carbocycles. The van der Waals surface area contributed by atoms with Crippen LogP contribution in [0.5, 0.6) is 0 Å². The van der Waals surface area contributed by atoms with Crippen molar-refractivity contribution in [2.45, 2.75) is 27.3 Å². The number of carbonyl (C=O) groups excluding carboxylic acids is 2. The first kappa shape index (κ1) is 14.8. The molecule has 2 heterocycles. The lowest BCUT2D eigenvalue weighted by Gasteiger charge is -2.06. The standard InChI is InChI=1S/C14H17N3O4/c1-8-12(10(3)21-17-8)6-15-13(18)7-16-14(19)11-4-5-20-9(11)2/h4-5H,6-7H2,1-3H3,(H,15,18)(H,16,19). The van der Waals surface area contributed by atoms with Crippen LogP contribution in [0.2, 0.25) is 0 Å². The van der Waals surface area contributed by atoms with Crippen LogP contribution in [0.4, 0.5) is 0 Å². The highest BCUT2D eigenvalue weighted by Crippen LogP contribution is 2.11. The highest BCUT2D eigenvalue weighted by Gasteiger charge is 2.13. The maximum atomic E-state index is 11.8. The van der Waals surface area contributed by atoms with Crippen LogP contribution in [-0.2, 0) is 11.3 Å². The summed E-state index contributed by atoms with van der Waals surface area (Å²) in [6, 6.07) is 1.56. The molecule has 0 fully saturated rings. The van der Waals surface area contributed by atoms with Crippen molar-refractivity contribution in [2.24, 2.45) is 0 Å². The third kappa shape index (κ3) is 3.50. The minimum Gasteiger partial charge on any atom is -0.469 e. The Hall–Kier alpha value is -2.57. The van der Waals surface area contributed by atoms with E-state index in [-0.39, 0.29) is 18.4 Å². The van der Waals surface area contributed by atoms with Gasteiger partial charge in [-0.2, -0.15) is 0 Å². The zero-order chi connectivity index (χ0) is 15.4. The van der Waals surface area contributed by atoms with Crippen molar-refractivity contribution in [2.75, 3.05) is 6.54 Å². The zero-order valence-electron chi connectivity index (χ0n) is 12.1. The van der Waals surface area contributed by atoms with Crippen LogP contribution in [0.15, 0.2) is 21.3 Å². The number of hydrogen-bond donors (Lipinski definition) is 2. The Morgan fingerprint density at radius 3 is 2.52 bits per heavy atom. The fourth-order valence-electron chi connectivity index (χ4n) is 1.88. The van der Waals surface area contributed by atoms with Crippen molar-refractivity contribution < 1.29 is 18.5 Å². The molecule has 0 bridgehead atoms. The number of furan rings is 1. The average Bonchev–Trinajstić information content (AvgIpc) is 3.01. The van der Waals surface area contributed by atoms with Crippen LogP contribution in [0.3, 0.4) is 0 Å². The quantitative estimate of drug-likeness (QED) is 0.863. The van der Waals surface area contributed by atoms with Crippen molar-refractivity contribution >= 4 is 11.8 Å². The molecule has 0 spiro atoms. The Bertz CT molecular complexity index is 637. The van der Waals surface area contributed by atoms with E-state index in [1.807, 2.05) is 0 Å². The van der Waals surface area contributed by atoms with Crippen molar-refractivity contribution in [1.82, 2.24) is 15.8 Å². The van der Waals surface area contributed by atoms with Crippen LogP contribution >= 0.6 is 0 Å². The lowest BCUT2D eigenvalue weighted by atomic mass is 10.2. The number of aromatic nitrogens is 1. The Labute approximate surface area is 121 Å². The number of rotatable bonds is 5. The molecule has 2 amide bonds. The normalized spacial score (nSPS) is 10.4. The fraction of sp³-hybridized carbons (Fsp3) is 0.357. The Morgan fingerprint density at radius 2 is 1.95 bits per heavy atom. The maximum absolute atomic E-state index is 11.8. The molecule has 112 valence electrons. The molecule has 7 nitrogen and oxygen atoms in total. The van der Waals surface area contributed by atoms with Crippen LogP contribution in [0.1, 0.15) is 33.1 Å². The lowest BCUT2D eigenvalue weighted by Crippen LogP contribution is -2.36. The number of carbonyl (C=O) groups is 2. The smallest absolute Gasteiger partial charge is 0.255 e. The maximum Gasteiger partial charge on any atom is 0.255 e. The molecule has 7 heteroatoms. The van der Waals surface area contributed by atoms with E-state index in [1.165, 1.54) is 6.26 Å². The molecule has 0 unspecified atom stereocenters. The molecule has 21 heavy (non-hydrogen) atoms. The molecule has 2 aromatic rings. The third-order valence-corrected chi connectivity index (χ3v) is 3.16. The van der Waals surface area contributed by atoms with Crippen molar-refractivity contribution in [3.8, 4) is 0 Å².